The molecule has 0 aromatic heterocycles. The SMILES string of the molecule is O=C(c1ccc(Br)c(F)c1)N(CC(F)F)C1CC1. The van der Waals surface area contributed by atoms with E-state index in [0.717, 1.165) is 23.8 Å². The Morgan fingerprint density at radius 3 is 2.61 bits per heavy atom. The minimum atomic E-state index is -2.57. The highest BCUT2D eigenvalue weighted by Crippen LogP contribution is 2.29. The van der Waals surface area contributed by atoms with Crippen LogP contribution in [0.1, 0.15) is 23.2 Å². The topological polar surface area (TPSA) is 20.3 Å². The lowest BCUT2D eigenvalue weighted by molar-refractivity contribution is 0.0534. The van der Waals surface area contributed by atoms with Gasteiger partial charge >= 0.3 is 0 Å². The van der Waals surface area contributed by atoms with Crippen molar-refractivity contribution in [3.05, 3.63) is 34.1 Å². The highest BCUT2D eigenvalue weighted by Gasteiger charge is 2.34. The molecule has 18 heavy (non-hydrogen) atoms. The van der Waals surface area contributed by atoms with Crippen molar-refractivity contribution in [3.8, 4) is 0 Å². The molecule has 6 heteroatoms. The van der Waals surface area contributed by atoms with Crippen LogP contribution in [0.25, 0.3) is 0 Å². The van der Waals surface area contributed by atoms with Crippen LogP contribution in [-0.4, -0.2) is 29.8 Å². The summed E-state index contributed by atoms with van der Waals surface area (Å²) in [6, 6.07) is 3.76. The van der Waals surface area contributed by atoms with Crippen molar-refractivity contribution >= 4 is 21.8 Å². The number of rotatable bonds is 4. The maximum Gasteiger partial charge on any atom is 0.255 e. The molecule has 2 nitrogen and oxygen atoms in total. The number of benzene rings is 1. The zero-order valence-corrected chi connectivity index (χ0v) is 11.0. The molecule has 0 spiro atoms. The van der Waals surface area contributed by atoms with Crippen LogP contribution >= 0.6 is 15.9 Å². The Balaban J connectivity index is 2.19. The number of carbonyl (C=O) groups excluding carboxylic acids is 1. The lowest BCUT2D eigenvalue weighted by Gasteiger charge is -2.22. The van der Waals surface area contributed by atoms with Gasteiger partial charge in [-0.1, -0.05) is 0 Å². The Morgan fingerprint density at radius 1 is 1.44 bits per heavy atom. The molecule has 0 N–H and O–H groups in total. The van der Waals surface area contributed by atoms with Gasteiger partial charge in [0, 0.05) is 11.6 Å². The van der Waals surface area contributed by atoms with Gasteiger partial charge in [-0.2, -0.15) is 0 Å². The molecule has 1 aliphatic carbocycles. The third kappa shape index (κ3) is 3.04. The van der Waals surface area contributed by atoms with E-state index in [9.17, 15) is 18.0 Å². The smallest absolute Gasteiger partial charge is 0.255 e. The number of nitrogens with zero attached hydrogens (tertiary/aromatic N) is 1. The molecule has 1 aromatic rings. The van der Waals surface area contributed by atoms with Gasteiger partial charge in [0.05, 0.1) is 11.0 Å². The minimum absolute atomic E-state index is 0.100. The first-order valence-electron chi connectivity index (χ1n) is 5.53. The maximum absolute atomic E-state index is 13.3. The van der Waals surface area contributed by atoms with Crippen LogP contribution in [0.15, 0.2) is 22.7 Å². The van der Waals surface area contributed by atoms with Crippen LogP contribution in [0.5, 0.6) is 0 Å². The molecule has 2 rings (SSSR count). The quantitative estimate of drug-likeness (QED) is 0.831. The summed E-state index contributed by atoms with van der Waals surface area (Å²) in [6.07, 6.45) is -1.11. The van der Waals surface area contributed by atoms with Gasteiger partial charge in [0.2, 0.25) is 0 Å². The molecule has 1 amide bonds. The third-order valence-electron chi connectivity index (χ3n) is 2.75. The van der Waals surface area contributed by atoms with Crippen molar-refractivity contribution < 1.29 is 18.0 Å². The average molecular weight is 322 g/mol. The van der Waals surface area contributed by atoms with Crippen LogP contribution < -0.4 is 0 Å². The molecular formula is C12H11BrF3NO. The van der Waals surface area contributed by atoms with Gasteiger partial charge in [-0.3, -0.25) is 4.79 Å². The number of halogens is 4. The summed E-state index contributed by atoms with van der Waals surface area (Å²) in [7, 11) is 0. The van der Waals surface area contributed by atoms with Gasteiger partial charge in [0.15, 0.2) is 0 Å². The Hall–Kier alpha value is -1.04. The Kier molecular flexibility index (Phi) is 3.94. The molecule has 0 aliphatic heterocycles. The van der Waals surface area contributed by atoms with E-state index in [4.69, 9.17) is 0 Å². The molecule has 0 heterocycles. The second kappa shape index (κ2) is 5.30. The van der Waals surface area contributed by atoms with Crippen LogP contribution in [0, 0.1) is 5.82 Å². The molecule has 1 aromatic carbocycles. The number of alkyl halides is 2. The van der Waals surface area contributed by atoms with E-state index in [0.29, 0.717) is 0 Å². The van der Waals surface area contributed by atoms with Crippen molar-refractivity contribution in [1.82, 2.24) is 4.90 Å². The number of hydrogen-bond acceptors (Lipinski definition) is 1. The molecule has 1 fully saturated rings. The molecule has 0 saturated heterocycles. The van der Waals surface area contributed by atoms with Gasteiger partial charge in [-0.05, 0) is 47.0 Å². The van der Waals surface area contributed by atoms with Crippen LogP contribution in [0.3, 0.4) is 0 Å². The van der Waals surface area contributed by atoms with Gasteiger partial charge in [0.25, 0.3) is 12.3 Å². The zero-order chi connectivity index (χ0) is 13.3. The van der Waals surface area contributed by atoms with Gasteiger partial charge in [-0.25, -0.2) is 13.2 Å². The molecule has 1 saturated carbocycles. The van der Waals surface area contributed by atoms with Crippen molar-refractivity contribution in [2.45, 2.75) is 25.3 Å². The Bertz CT molecular complexity index is 463. The van der Waals surface area contributed by atoms with Gasteiger partial charge in [0.1, 0.15) is 5.82 Å². The monoisotopic (exact) mass is 321 g/mol. The van der Waals surface area contributed by atoms with Crippen molar-refractivity contribution in [2.24, 2.45) is 0 Å². The first-order valence-corrected chi connectivity index (χ1v) is 6.32. The summed E-state index contributed by atoms with van der Waals surface area (Å²) in [5, 5.41) is 0. The zero-order valence-electron chi connectivity index (χ0n) is 9.38. The maximum atomic E-state index is 13.3. The summed E-state index contributed by atoms with van der Waals surface area (Å²) in [4.78, 5) is 13.2. The van der Waals surface area contributed by atoms with Crippen molar-refractivity contribution in [1.29, 1.82) is 0 Å². The van der Waals surface area contributed by atoms with Crippen LogP contribution in [0.2, 0.25) is 0 Å². The second-order valence-corrected chi connectivity index (χ2v) is 5.06. The summed E-state index contributed by atoms with van der Waals surface area (Å²) >= 11 is 2.98. The molecule has 98 valence electrons. The van der Waals surface area contributed by atoms with E-state index in [2.05, 4.69) is 15.9 Å². The lowest BCUT2D eigenvalue weighted by atomic mass is 10.2. The van der Waals surface area contributed by atoms with Gasteiger partial charge in [-0.15, -0.1) is 0 Å². The summed E-state index contributed by atoms with van der Waals surface area (Å²) in [6.45, 7) is -0.596. The van der Waals surface area contributed by atoms with E-state index < -0.39 is 24.7 Å². The van der Waals surface area contributed by atoms with Gasteiger partial charge < -0.3 is 4.90 Å². The average Bonchev–Trinajstić information content (AvgIpc) is 3.12. The highest BCUT2D eigenvalue weighted by atomic mass is 79.9. The predicted octanol–water partition coefficient (Wildman–Crippen LogP) is 3.46. The van der Waals surface area contributed by atoms with Crippen molar-refractivity contribution in [2.75, 3.05) is 6.54 Å². The summed E-state index contributed by atoms with van der Waals surface area (Å²) in [5.41, 5.74) is 0.100. The molecule has 1 aliphatic rings. The number of amides is 1. The van der Waals surface area contributed by atoms with E-state index in [-0.39, 0.29) is 16.1 Å². The van der Waals surface area contributed by atoms with Crippen molar-refractivity contribution in [3.63, 3.8) is 0 Å². The second-order valence-electron chi connectivity index (χ2n) is 4.21. The third-order valence-corrected chi connectivity index (χ3v) is 3.39. The Morgan fingerprint density at radius 2 is 2.11 bits per heavy atom. The molecule has 0 unspecified atom stereocenters. The van der Waals surface area contributed by atoms with Crippen LogP contribution in [0.4, 0.5) is 13.2 Å². The lowest BCUT2D eigenvalue weighted by Crippen LogP contribution is -2.37. The first kappa shape index (κ1) is 13.4. The predicted molar refractivity (Wildman–Crippen MR) is 64.2 cm³/mol. The fraction of sp³-hybridized carbons (Fsp3) is 0.417. The standard InChI is InChI=1S/C12H11BrF3NO/c13-9-4-1-7(5-10(9)14)12(18)17(6-11(15)16)8-2-3-8/h1,4-5,8,11H,2-3,6H2. The first-order chi connectivity index (χ1) is 8.49. The number of carbonyl (C=O) groups is 1. The minimum Gasteiger partial charge on any atom is -0.330 e. The highest BCUT2D eigenvalue weighted by molar-refractivity contribution is 9.10. The van der Waals surface area contributed by atoms with E-state index in [1.807, 2.05) is 0 Å². The van der Waals surface area contributed by atoms with E-state index >= 15 is 0 Å². The summed E-state index contributed by atoms with van der Waals surface area (Å²) in [5.74, 6) is -1.11. The molecule has 0 bridgehead atoms. The molecule has 0 radical (unpaired) electrons. The van der Waals surface area contributed by atoms with E-state index in [1.54, 1.807) is 0 Å². The Labute approximate surface area is 111 Å². The normalized spacial score (nSPS) is 14.9. The fourth-order valence-electron chi connectivity index (χ4n) is 1.73. The van der Waals surface area contributed by atoms with Crippen LogP contribution in [-0.2, 0) is 0 Å². The molecular weight excluding hydrogens is 311 g/mol. The fourth-order valence-corrected chi connectivity index (χ4v) is 1.97. The largest absolute Gasteiger partial charge is 0.330 e. The molecule has 0 atom stereocenters. The summed E-state index contributed by atoms with van der Waals surface area (Å²) < 4.78 is 38.4. The number of hydrogen-bond donors (Lipinski definition) is 0. The van der Waals surface area contributed by atoms with E-state index in [1.165, 1.54) is 12.1 Å².